The molecular weight excluding hydrogens is 278 g/mol. The van der Waals surface area contributed by atoms with Gasteiger partial charge >= 0.3 is 5.97 Å². The van der Waals surface area contributed by atoms with Crippen molar-refractivity contribution >= 4 is 11.9 Å². The minimum absolute atomic E-state index is 0.210. The van der Waals surface area contributed by atoms with Crippen LogP contribution in [0.2, 0.25) is 0 Å². The number of guanidine groups is 1. The quantitative estimate of drug-likeness (QED) is 0.229. The van der Waals surface area contributed by atoms with Crippen molar-refractivity contribution in [3.05, 3.63) is 0 Å². The molecule has 0 bridgehead atoms. The molecule has 5 heteroatoms. The summed E-state index contributed by atoms with van der Waals surface area (Å²) in [4.78, 5) is 15.7. The van der Waals surface area contributed by atoms with Gasteiger partial charge in [-0.3, -0.25) is 10.2 Å². The second-order valence-corrected chi connectivity index (χ2v) is 5.96. The molecule has 0 aromatic heterocycles. The van der Waals surface area contributed by atoms with Crippen LogP contribution in [0.1, 0.15) is 90.9 Å². The zero-order chi connectivity index (χ0) is 16.6. The number of hydrogen-bond acceptors (Lipinski definition) is 3. The Labute approximate surface area is 136 Å². The maximum atomic E-state index is 10.9. The maximum absolute atomic E-state index is 10.9. The first kappa shape index (κ1) is 20.7. The molecule has 0 amide bonds. The predicted octanol–water partition coefficient (Wildman–Crippen LogP) is 4.36. The highest BCUT2D eigenvalue weighted by Gasteiger charge is 2.09. The van der Waals surface area contributed by atoms with E-state index in [9.17, 15) is 4.79 Å². The van der Waals surface area contributed by atoms with Crippen molar-refractivity contribution in [1.82, 2.24) is 5.06 Å². The average Bonchev–Trinajstić information content (AvgIpc) is 2.46. The van der Waals surface area contributed by atoms with Crippen LogP contribution < -0.4 is 5.73 Å². The Morgan fingerprint density at radius 1 is 0.909 bits per heavy atom. The van der Waals surface area contributed by atoms with Gasteiger partial charge in [0.15, 0.2) is 0 Å². The van der Waals surface area contributed by atoms with Crippen LogP contribution in [0, 0.1) is 5.41 Å². The molecule has 0 aliphatic carbocycles. The molecule has 3 N–H and O–H groups in total. The number of carbonyl (C=O) groups excluding carboxylic acids is 1. The zero-order valence-electron chi connectivity index (χ0n) is 14.5. The molecule has 0 aliphatic rings. The van der Waals surface area contributed by atoms with Gasteiger partial charge in [0.05, 0.1) is 6.54 Å². The van der Waals surface area contributed by atoms with Crippen molar-refractivity contribution in [2.24, 2.45) is 5.73 Å². The topological polar surface area (TPSA) is 79.4 Å². The monoisotopic (exact) mass is 313 g/mol. The normalized spacial score (nSPS) is 10.5. The third-order valence-electron chi connectivity index (χ3n) is 3.72. The van der Waals surface area contributed by atoms with Crippen LogP contribution in [0.15, 0.2) is 0 Å². The fourth-order valence-electron chi connectivity index (χ4n) is 2.47. The summed E-state index contributed by atoms with van der Waals surface area (Å²) in [6.45, 7) is 4.08. The molecule has 22 heavy (non-hydrogen) atoms. The van der Waals surface area contributed by atoms with Crippen LogP contribution >= 0.6 is 0 Å². The number of nitrogens with two attached hydrogens (primary N) is 1. The summed E-state index contributed by atoms with van der Waals surface area (Å²) in [6, 6.07) is 0. The fourth-order valence-corrected chi connectivity index (χ4v) is 2.47. The standard InChI is InChI=1S/C17H35N3O2/c1-3-4-5-6-7-8-9-10-11-12-13-14-15-20(17(18)19)22-16(2)21/h3-15H2,1-2H3,(H3,18,19). The molecule has 5 nitrogen and oxygen atoms in total. The van der Waals surface area contributed by atoms with Crippen molar-refractivity contribution in [2.75, 3.05) is 6.54 Å². The molecule has 0 heterocycles. The number of nitrogens with zero attached hydrogens (tertiary/aromatic N) is 1. The lowest BCUT2D eigenvalue weighted by atomic mass is 10.1. The Bertz CT molecular complexity index is 296. The van der Waals surface area contributed by atoms with Gasteiger partial charge in [0, 0.05) is 6.92 Å². The van der Waals surface area contributed by atoms with Gasteiger partial charge in [-0.1, -0.05) is 77.6 Å². The molecule has 0 radical (unpaired) electrons. The van der Waals surface area contributed by atoms with E-state index in [0.29, 0.717) is 6.54 Å². The van der Waals surface area contributed by atoms with E-state index < -0.39 is 5.97 Å². The average molecular weight is 313 g/mol. The molecule has 0 unspecified atom stereocenters. The molecule has 0 atom stereocenters. The van der Waals surface area contributed by atoms with Gasteiger partial charge < -0.3 is 10.6 Å². The van der Waals surface area contributed by atoms with E-state index in [1.807, 2.05) is 0 Å². The number of hydrogen-bond donors (Lipinski definition) is 2. The van der Waals surface area contributed by atoms with E-state index in [2.05, 4.69) is 6.92 Å². The van der Waals surface area contributed by atoms with Crippen LogP contribution in [0.5, 0.6) is 0 Å². The van der Waals surface area contributed by atoms with Crippen LogP contribution in [0.3, 0.4) is 0 Å². The minimum atomic E-state index is -0.436. The second kappa shape index (κ2) is 14.7. The Hall–Kier alpha value is -1.26. The van der Waals surface area contributed by atoms with E-state index >= 15 is 0 Å². The molecule has 0 saturated heterocycles. The van der Waals surface area contributed by atoms with Crippen LogP contribution in [0.4, 0.5) is 0 Å². The van der Waals surface area contributed by atoms with Gasteiger partial charge in [-0.15, -0.1) is 0 Å². The number of rotatable bonds is 13. The van der Waals surface area contributed by atoms with Gasteiger partial charge in [-0.05, 0) is 6.42 Å². The Morgan fingerprint density at radius 3 is 1.68 bits per heavy atom. The van der Waals surface area contributed by atoms with Crippen molar-refractivity contribution < 1.29 is 9.63 Å². The summed E-state index contributed by atoms with van der Waals surface area (Å²) in [5.41, 5.74) is 5.36. The minimum Gasteiger partial charge on any atom is -0.368 e. The van der Waals surface area contributed by atoms with E-state index in [-0.39, 0.29) is 5.96 Å². The lowest BCUT2D eigenvalue weighted by molar-refractivity contribution is -0.170. The molecule has 0 aliphatic heterocycles. The van der Waals surface area contributed by atoms with Crippen molar-refractivity contribution in [3.8, 4) is 0 Å². The molecule has 0 aromatic carbocycles. The van der Waals surface area contributed by atoms with Crippen LogP contribution in [-0.4, -0.2) is 23.5 Å². The molecule has 130 valence electrons. The van der Waals surface area contributed by atoms with Gasteiger partial charge in [0.25, 0.3) is 0 Å². The van der Waals surface area contributed by atoms with Gasteiger partial charge in [0.1, 0.15) is 0 Å². The Morgan fingerprint density at radius 2 is 1.32 bits per heavy atom. The Balaban J connectivity index is 3.35. The summed E-state index contributed by atoms with van der Waals surface area (Å²) in [5.74, 6) is -0.646. The number of unbranched alkanes of at least 4 members (excludes halogenated alkanes) is 11. The van der Waals surface area contributed by atoms with Crippen LogP contribution in [-0.2, 0) is 9.63 Å². The number of nitrogens with one attached hydrogen (secondary N) is 1. The van der Waals surface area contributed by atoms with E-state index in [0.717, 1.165) is 12.8 Å². The number of carbonyl (C=O) groups is 1. The largest absolute Gasteiger partial charge is 0.368 e. The third-order valence-corrected chi connectivity index (χ3v) is 3.72. The molecular formula is C17H35N3O2. The van der Waals surface area contributed by atoms with Crippen molar-refractivity contribution in [1.29, 1.82) is 5.41 Å². The first-order valence-electron chi connectivity index (χ1n) is 8.88. The second-order valence-electron chi connectivity index (χ2n) is 5.96. The molecule has 0 aromatic rings. The third kappa shape index (κ3) is 13.7. The maximum Gasteiger partial charge on any atom is 0.329 e. The highest BCUT2D eigenvalue weighted by atomic mass is 16.7. The Kier molecular flexibility index (Phi) is 13.8. The zero-order valence-corrected chi connectivity index (χ0v) is 14.5. The van der Waals surface area contributed by atoms with E-state index in [1.54, 1.807) is 0 Å². The summed E-state index contributed by atoms with van der Waals surface area (Å²) in [7, 11) is 0. The molecule has 0 spiro atoms. The number of hydroxylamine groups is 2. The molecule has 0 saturated carbocycles. The van der Waals surface area contributed by atoms with Gasteiger partial charge in [-0.25, -0.2) is 0 Å². The summed E-state index contributed by atoms with van der Waals surface area (Å²) >= 11 is 0. The molecule has 0 fully saturated rings. The lowest BCUT2D eigenvalue weighted by Crippen LogP contribution is -2.38. The van der Waals surface area contributed by atoms with E-state index in [1.165, 1.54) is 76.2 Å². The van der Waals surface area contributed by atoms with Gasteiger partial charge in [-0.2, -0.15) is 5.06 Å². The van der Waals surface area contributed by atoms with Crippen molar-refractivity contribution in [3.63, 3.8) is 0 Å². The smallest absolute Gasteiger partial charge is 0.329 e. The summed E-state index contributed by atoms with van der Waals surface area (Å²) < 4.78 is 0. The first-order valence-corrected chi connectivity index (χ1v) is 8.88. The van der Waals surface area contributed by atoms with E-state index in [4.69, 9.17) is 16.0 Å². The van der Waals surface area contributed by atoms with Gasteiger partial charge in [0.2, 0.25) is 5.96 Å². The highest BCUT2D eigenvalue weighted by Crippen LogP contribution is 2.12. The van der Waals surface area contributed by atoms with Crippen LogP contribution in [0.25, 0.3) is 0 Å². The predicted molar refractivity (Wildman–Crippen MR) is 91.5 cm³/mol. The first-order chi connectivity index (χ1) is 10.6. The summed E-state index contributed by atoms with van der Waals surface area (Å²) in [5, 5.41) is 8.49. The SMILES string of the molecule is CCCCCCCCCCCCCCN(OC(C)=O)C(=N)N. The summed E-state index contributed by atoms with van der Waals surface area (Å²) in [6.07, 6.45) is 15.3. The molecule has 0 rings (SSSR count). The fraction of sp³-hybridized carbons (Fsp3) is 0.882. The lowest BCUT2D eigenvalue weighted by Gasteiger charge is -2.19. The van der Waals surface area contributed by atoms with Crippen molar-refractivity contribution in [2.45, 2.75) is 90.9 Å². The highest BCUT2D eigenvalue weighted by molar-refractivity contribution is 5.76.